The summed E-state index contributed by atoms with van der Waals surface area (Å²) in [6.07, 6.45) is 0. The van der Waals surface area contributed by atoms with Gasteiger partial charge in [0.25, 0.3) is 15.9 Å². The van der Waals surface area contributed by atoms with Gasteiger partial charge in [-0.2, -0.15) is 0 Å². The van der Waals surface area contributed by atoms with E-state index in [1.54, 1.807) is 25.1 Å². The van der Waals surface area contributed by atoms with Gasteiger partial charge in [-0.1, -0.05) is 17.3 Å². The van der Waals surface area contributed by atoms with Gasteiger partial charge < -0.3 is 9.84 Å². The lowest BCUT2D eigenvalue weighted by Crippen LogP contribution is -2.40. The van der Waals surface area contributed by atoms with Crippen molar-refractivity contribution in [3.05, 3.63) is 41.3 Å². The van der Waals surface area contributed by atoms with E-state index in [1.165, 1.54) is 13.0 Å². The summed E-state index contributed by atoms with van der Waals surface area (Å²) in [6, 6.07) is 6.42. The molecule has 1 aromatic carbocycles. The first-order valence-electron chi connectivity index (χ1n) is 7.38. The Hall–Kier alpha value is -2.35. The number of carbonyl (C=O) groups excluding carboxylic acids is 1. The number of hydrogen-bond donors (Lipinski definition) is 2. The van der Waals surface area contributed by atoms with Gasteiger partial charge in [-0.15, -0.1) is 0 Å². The third kappa shape index (κ3) is 3.94. The molecule has 0 radical (unpaired) electrons. The van der Waals surface area contributed by atoms with E-state index >= 15 is 0 Å². The quantitative estimate of drug-likeness (QED) is 0.882. The van der Waals surface area contributed by atoms with Crippen LogP contribution in [0.2, 0.25) is 0 Å². The predicted octanol–water partition coefficient (Wildman–Crippen LogP) is 2.62. The highest BCUT2D eigenvalue weighted by Gasteiger charge is 2.26. The molecule has 1 aromatic heterocycles. The summed E-state index contributed by atoms with van der Waals surface area (Å²) < 4.78 is 32.6. The van der Waals surface area contributed by atoms with E-state index in [9.17, 15) is 13.2 Å². The molecule has 2 aromatic rings. The molecule has 0 bridgehead atoms. The fourth-order valence-electron chi connectivity index (χ4n) is 2.23. The summed E-state index contributed by atoms with van der Waals surface area (Å²) in [5.41, 5.74) is 0.253. The molecule has 0 aliphatic heterocycles. The fraction of sp³-hybridized carbons (Fsp3) is 0.375. The molecule has 0 spiro atoms. The lowest BCUT2D eigenvalue weighted by Gasteiger charge is -2.21. The second-order valence-electron chi connectivity index (χ2n) is 6.51. The zero-order valence-electron chi connectivity index (χ0n) is 14.3. The Morgan fingerprint density at radius 3 is 2.33 bits per heavy atom. The van der Waals surface area contributed by atoms with Crippen molar-refractivity contribution in [1.82, 2.24) is 10.5 Å². The second kappa shape index (κ2) is 6.27. The van der Waals surface area contributed by atoms with E-state index < -0.39 is 15.6 Å². The lowest BCUT2D eigenvalue weighted by molar-refractivity contribution is 0.0920. The van der Waals surface area contributed by atoms with Crippen molar-refractivity contribution in [3.8, 4) is 0 Å². The smallest absolute Gasteiger partial charge is 0.267 e. The first-order chi connectivity index (χ1) is 11.0. The number of hydrogen-bond acceptors (Lipinski definition) is 5. The molecule has 1 amide bonds. The molecule has 0 saturated heterocycles. The molecular weight excluding hydrogens is 330 g/mol. The summed E-state index contributed by atoms with van der Waals surface area (Å²) in [6.45, 7) is 8.61. The number of rotatable bonds is 4. The highest BCUT2D eigenvalue weighted by Crippen LogP contribution is 2.24. The molecule has 0 fully saturated rings. The number of carbonyl (C=O) groups is 1. The molecule has 8 heteroatoms. The monoisotopic (exact) mass is 351 g/mol. The number of aromatic nitrogens is 1. The SMILES string of the molecule is Cc1noc(C)c1S(=O)(=O)Nc1ccccc1C(=O)NC(C)(C)C. The van der Waals surface area contributed by atoms with Crippen LogP contribution in [0.25, 0.3) is 0 Å². The van der Waals surface area contributed by atoms with Crippen LogP contribution >= 0.6 is 0 Å². The minimum Gasteiger partial charge on any atom is -0.360 e. The van der Waals surface area contributed by atoms with Crippen LogP contribution in [0.1, 0.15) is 42.6 Å². The van der Waals surface area contributed by atoms with E-state index in [0.29, 0.717) is 0 Å². The van der Waals surface area contributed by atoms with Crippen LogP contribution in [-0.2, 0) is 10.0 Å². The Kier molecular flexibility index (Phi) is 4.70. The maximum Gasteiger partial charge on any atom is 0.267 e. The van der Waals surface area contributed by atoms with Crippen molar-refractivity contribution in [1.29, 1.82) is 0 Å². The number of anilines is 1. The van der Waals surface area contributed by atoms with Crippen molar-refractivity contribution in [2.75, 3.05) is 4.72 Å². The number of para-hydroxylation sites is 1. The van der Waals surface area contributed by atoms with Gasteiger partial charge in [0.15, 0.2) is 10.7 Å². The average molecular weight is 351 g/mol. The minimum absolute atomic E-state index is 0.0199. The van der Waals surface area contributed by atoms with Crippen LogP contribution in [-0.4, -0.2) is 25.0 Å². The predicted molar refractivity (Wildman–Crippen MR) is 90.4 cm³/mol. The normalized spacial score (nSPS) is 12.0. The summed E-state index contributed by atoms with van der Waals surface area (Å²) >= 11 is 0. The standard InChI is InChI=1S/C16H21N3O4S/c1-10-14(11(2)23-18-10)24(21,22)19-13-9-7-6-8-12(13)15(20)17-16(3,4)5/h6-9,19H,1-5H3,(H,17,20). The first kappa shape index (κ1) is 18.0. The van der Waals surface area contributed by atoms with E-state index in [-0.39, 0.29) is 33.5 Å². The molecule has 2 N–H and O–H groups in total. The maximum atomic E-state index is 12.6. The van der Waals surface area contributed by atoms with E-state index in [0.717, 1.165) is 0 Å². The number of sulfonamides is 1. The van der Waals surface area contributed by atoms with Gasteiger partial charge >= 0.3 is 0 Å². The summed E-state index contributed by atoms with van der Waals surface area (Å²) in [4.78, 5) is 12.4. The lowest BCUT2D eigenvalue weighted by atomic mass is 10.1. The van der Waals surface area contributed by atoms with Crippen molar-refractivity contribution in [2.45, 2.75) is 45.1 Å². The topological polar surface area (TPSA) is 101 Å². The zero-order valence-corrected chi connectivity index (χ0v) is 15.1. The van der Waals surface area contributed by atoms with Crippen LogP contribution in [0.5, 0.6) is 0 Å². The average Bonchev–Trinajstić information content (AvgIpc) is 2.77. The summed E-state index contributed by atoms with van der Waals surface area (Å²) in [5.74, 6) is -0.170. The van der Waals surface area contributed by atoms with Crippen LogP contribution < -0.4 is 10.0 Å². The molecule has 0 aliphatic rings. The fourth-order valence-corrected chi connectivity index (χ4v) is 3.64. The van der Waals surface area contributed by atoms with Crippen molar-refractivity contribution in [2.24, 2.45) is 0 Å². The third-order valence-corrected chi connectivity index (χ3v) is 4.75. The number of amides is 1. The van der Waals surface area contributed by atoms with Gasteiger partial charge in [0.1, 0.15) is 5.69 Å². The Morgan fingerprint density at radius 1 is 1.17 bits per heavy atom. The highest BCUT2D eigenvalue weighted by atomic mass is 32.2. The molecule has 1 heterocycles. The molecule has 24 heavy (non-hydrogen) atoms. The Morgan fingerprint density at radius 2 is 1.79 bits per heavy atom. The van der Waals surface area contributed by atoms with Crippen LogP contribution in [0, 0.1) is 13.8 Å². The number of nitrogens with zero attached hydrogens (tertiary/aromatic N) is 1. The van der Waals surface area contributed by atoms with Crippen LogP contribution in [0.3, 0.4) is 0 Å². The second-order valence-corrected chi connectivity index (χ2v) is 8.13. The molecule has 0 saturated carbocycles. The van der Waals surface area contributed by atoms with E-state index in [1.807, 2.05) is 20.8 Å². The van der Waals surface area contributed by atoms with E-state index in [2.05, 4.69) is 15.2 Å². The minimum atomic E-state index is -3.92. The molecule has 130 valence electrons. The molecule has 2 rings (SSSR count). The maximum absolute atomic E-state index is 12.6. The Labute approximate surface area is 141 Å². The molecule has 0 unspecified atom stereocenters. The highest BCUT2D eigenvalue weighted by molar-refractivity contribution is 7.92. The van der Waals surface area contributed by atoms with E-state index in [4.69, 9.17) is 4.52 Å². The van der Waals surface area contributed by atoms with Crippen molar-refractivity contribution >= 4 is 21.6 Å². The van der Waals surface area contributed by atoms with Gasteiger partial charge in [-0.05, 0) is 46.8 Å². The first-order valence-corrected chi connectivity index (χ1v) is 8.87. The molecule has 0 aliphatic carbocycles. The summed E-state index contributed by atoms with van der Waals surface area (Å²) in [5, 5.41) is 6.47. The van der Waals surface area contributed by atoms with Gasteiger partial charge in [0.2, 0.25) is 0 Å². The number of benzene rings is 1. The number of aryl methyl sites for hydroxylation is 2. The van der Waals surface area contributed by atoms with Gasteiger partial charge in [-0.25, -0.2) is 8.42 Å². The Bertz CT molecular complexity index is 844. The van der Waals surface area contributed by atoms with Crippen molar-refractivity contribution < 1.29 is 17.7 Å². The van der Waals surface area contributed by atoms with Gasteiger partial charge in [0, 0.05) is 5.54 Å². The van der Waals surface area contributed by atoms with Crippen LogP contribution in [0.4, 0.5) is 5.69 Å². The van der Waals surface area contributed by atoms with Crippen molar-refractivity contribution in [3.63, 3.8) is 0 Å². The zero-order chi connectivity index (χ0) is 18.1. The summed E-state index contributed by atoms with van der Waals surface area (Å²) in [7, 11) is -3.92. The van der Waals surface area contributed by atoms with Gasteiger partial charge in [0.05, 0.1) is 11.3 Å². The van der Waals surface area contributed by atoms with Gasteiger partial charge in [-0.3, -0.25) is 9.52 Å². The molecule has 0 atom stereocenters. The largest absolute Gasteiger partial charge is 0.360 e. The molecular formula is C16H21N3O4S. The Balaban J connectivity index is 2.39. The number of nitrogens with one attached hydrogen (secondary N) is 2. The van der Waals surface area contributed by atoms with Crippen LogP contribution in [0.15, 0.2) is 33.7 Å². The molecule has 7 nitrogen and oxygen atoms in total. The third-order valence-electron chi connectivity index (χ3n) is 3.14.